The summed E-state index contributed by atoms with van der Waals surface area (Å²) in [5.41, 5.74) is 6.52. The number of hydrogen-bond donors (Lipinski definition) is 1. The molecule has 1 rings (SSSR count). The Bertz CT molecular complexity index is 215. The van der Waals surface area contributed by atoms with Crippen molar-refractivity contribution in [2.24, 2.45) is 5.73 Å². The van der Waals surface area contributed by atoms with Gasteiger partial charge in [-0.15, -0.1) is 0 Å². The molecule has 0 atom stereocenters. The summed E-state index contributed by atoms with van der Waals surface area (Å²) in [6.45, 7) is 5.73. The molecule has 0 radical (unpaired) electrons. The predicted octanol–water partition coefficient (Wildman–Crippen LogP) is 0.965. The lowest BCUT2D eigenvalue weighted by Gasteiger charge is -1.98. The second-order valence-electron chi connectivity index (χ2n) is 2.95. The normalized spacial score (nSPS) is 10.9. The monoisotopic (exact) mass is 153 g/mol. The van der Waals surface area contributed by atoms with Crippen LogP contribution in [0.5, 0.6) is 0 Å². The maximum absolute atomic E-state index is 5.39. The van der Waals surface area contributed by atoms with Crippen LogP contribution in [0.3, 0.4) is 0 Å². The van der Waals surface area contributed by atoms with Crippen LogP contribution in [0, 0.1) is 0 Å². The van der Waals surface area contributed by atoms with Crippen molar-refractivity contribution in [3.05, 3.63) is 18.0 Å². The van der Waals surface area contributed by atoms with Crippen LogP contribution in [0.4, 0.5) is 0 Å². The summed E-state index contributed by atoms with van der Waals surface area (Å²) in [6.07, 6.45) is 1.97. The van der Waals surface area contributed by atoms with E-state index in [1.54, 1.807) is 0 Å². The highest BCUT2D eigenvalue weighted by atomic mass is 15.3. The molecule has 1 aromatic heterocycles. The first-order valence-electron chi connectivity index (χ1n) is 3.97. The van der Waals surface area contributed by atoms with Crippen molar-refractivity contribution in [2.75, 3.05) is 6.54 Å². The molecule has 0 aliphatic heterocycles. The summed E-state index contributed by atoms with van der Waals surface area (Å²) in [5, 5.41) is 4.34. The van der Waals surface area contributed by atoms with E-state index in [1.807, 2.05) is 16.9 Å². The molecular formula is C8H15N3. The molecule has 0 saturated heterocycles. The average Bonchev–Trinajstić information content (AvgIpc) is 2.37. The molecule has 3 heteroatoms. The van der Waals surface area contributed by atoms with Gasteiger partial charge < -0.3 is 5.73 Å². The van der Waals surface area contributed by atoms with Crippen LogP contribution in [-0.2, 0) is 6.54 Å². The first-order valence-corrected chi connectivity index (χ1v) is 3.97. The third kappa shape index (κ3) is 2.05. The van der Waals surface area contributed by atoms with Gasteiger partial charge in [0.25, 0.3) is 0 Å². The molecule has 3 nitrogen and oxygen atoms in total. The Morgan fingerprint density at radius 1 is 1.64 bits per heavy atom. The van der Waals surface area contributed by atoms with Crippen LogP contribution in [0.2, 0.25) is 0 Å². The Hall–Kier alpha value is -0.830. The van der Waals surface area contributed by atoms with Gasteiger partial charge in [-0.25, -0.2) is 0 Å². The Morgan fingerprint density at radius 2 is 2.36 bits per heavy atom. The van der Waals surface area contributed by atoms with E-state index in [4.69, 9.17) is 5.73 Å². The van der Waals surface area contributed by atoms with Gasteiger partial charge in [-0.05, 0) is 12.0 Å². The Balaban J connectivity index is 2.66. The van der Waals surface area contributed by atoms with E-state index >= 15 is 0 Å². The number of rotatable bonds is 3. The van der Waals surface area contributed by atoms with Crippen molar-refractivity contribution in [3.63, 3.8) is 0 Å². The maximum Gasteiger partial charge on any atom is 0.0649 e. The molecular weight excluding hydrogens is 138 g/mol. The second-order valence-corrected chi connectivity index (χ2v) is 2.95. The smallest absolute Gasteiger partial charge is 0.0649 e. The van der Waals surface area contributed by atoms with E-state index in [2.05, 4.69) is 18.9 Å². The zero-order valence-corrected chi connectivity index (χ0v) is 7.12. The first kappa shape index (κ1) is 8.27. The predicted molar refractivity (Wildman–Crippen MR) is 45.4 cm³/mol. The van der Waals surface area contributed by atoms with Crippen LogP contribution < -0.4 is 5.73 Å². The summed E-state index contributed by atoms with van der Waals surface area (Å²) >= 11 is 0. The van der Waals surface area contributed by atoms with Crippen LogP contribution in [0.1, 0.15) is 25.5 Å². The molecule has 2 N–H and O–H groups in total. The zero-order chi connectivity index (χ0) is 8.27. The highest BCUT2D eigenvalue weighted by molar-refractivity contribution is 5.03. The van der Waals surface area contributed by atoms with Gasteiger partial charge in [0.1, 0.15) is 0 Å². The third-order valence-corrected chi connectivity index (χ3v) is 1.61. The molecule has 0 saturated carbocycles. The topological polar surface area (TPSA) is 43.8 Å². The fourth-order valence-electron chi connectivity index (χ4n) is 0.942. The van der Waals surface area contributed by atoms with Gasteiger partial charge in [0, 0.05) is 12.7 Å². The van der Waals surface area contributed by atoms with Gasteiger partial charge in [0.15, 0.2) is 0 Å². The quantitative estimate of drug-likeness (QED) is 0.703. The van der Waals surface area contributed by atoms with Crippen molar-refractivity contribution in [3.8, 4) is 0 Å². The number of aromatic nitrogens is 2. The van der Waals surface area contributed by atoms with Crippen molar-refractivity contribution < 1.29 is 0 Å². The highest BCUT2D eigenvalue weighted by Crippen LogP contribution is 2.09. The molecule has 11 heavy (non-hydrogen) atoms. The van der Waals surface area contributed by atoms with Crippen LogP contribution in [0.25, 0.3) is 0 Å². The van der Waals surface area contributed by atoms with Crippen LogP contribution >= 0.6 is 0 Å². The summed E-state index contributed by atoms with van der Waals surface area (Å²) in [7, 11) is 0. The summed E-state index contributed by atoms with van der Waals surface area (Å²) in [4.78, 5) is 0. The standard InChI is InChI=1S/C8H15N3/c1-7(2)8-3-5-11(10-8)6-4-9/h3,5,7H,4,6,9H2,1-2H3. The SMILES string of the molecule is CC(C)c1ccn(CCN)n1. The minimum absolute atomic E-state index is 0.508. The molecule has 0 bridgehead atoms. The summed E-state index contributed by atoms with van der Waals surface area (Å²) in [6, 6.07) is 2.04. The lowest BCUT2D eigenvalue weighted by atomic mass is 10.1. The van der Waals surface area contributed by atoms with Gasteiger partial charge in [-0.2, -0.15) is 5.10 Å². The number of nitrogens with zero attached hydrogens (tertiary/aromatic N) is 2. The summed E-state index contributed by atoms with van der Waals surface area (Å²) in [5.74, 6) is 0.508. The number of hydrogen-bond acceptors (Lipinski definition) is 2. The number of nitrogens with two attached hydrogens (primary N) is 1. The molecule has 62 valence electrons. The van der Waals surface area contributed by atoms with Crippen LogP contribution in [0.15, 0.2) is 12.3 Å². The molecule has 0 fully saturated rings. The van der Waals surface area contributed by atoms with Gasteiger partial charge in [-0.3, -0.25) is 4.68 Å². The molecule has 0 spiro atoms. The molecule has 1 aromatic rings. The minimum atomic E-state index is 0.508. The van der Waals surface area contributed by atoms with Gasteiger partial charge in [0.05, 0.1) is 12.2 Å². The zero-order valence-electron chi connectivity index (χ0n) is 7.12. The lowest BCUT2D eigenvalue weighted by molar-refractivity contribution is 0.607. The van der Waals surface area contributed by atoms with Gasteiger partial charge >= 0.3 is 0 Å². The van der Waals surface area contributed by atoms with E-state index in [-0.39, 0.29) is 0 Å². The molecule has 0 aliphatic carbocycles. The van der Waals surface area contributed by atoms with Gasteiger partial charge in [0.2, 0.25) is 0 Å². The molecule has 1 heterocycles. The van der Waals surface area contributed by atoms with E-state index < -0.39 is 0 Å². The van der Waals surface area contributed by atoms with E-state index in [1.165, 1.54) is 0 Å². The Morgan fingerprint density at radius 3 is 2.82 bits per heavy atom. The van der Waals surface area contributed by atoms with Crippen molar-refractivity contribution in [2.45, 2.75) is 26.3 Å². The molecule has 0 aromatic carbocycles. The van der Waals surface area contributed by atoms with Crippen molar-refractivity contribution in [1.82, 2.24) is 9.78 Å². The molecule has 0 aliphatic rings. The van der Waals surface area contributed by atoms with Crippen molar-refractivity contribution >= 4 is 0 Å². The maximum atomic E-state index is 5.39. The van der Waals surface area contributed by atoms with Crippen molar-refractivity contribution in [1.29, 1.82) is 0 Å². The minimum Gasteiger partial charge on any atom is -0.329 e. The Labute approximate surface area is 67.2 Å². The van der Waals surface area contributed by atoms with E-state index in [9.17, 15) is 0 Å². The summed E-state index contributed by atoms with van der Waals surface area (Å²) < 4.78 is 1.88. The fourth-order valence-corrected chi connectivity index (χ4v) is 0.942. The van der Waals surface area contributed by atoms with E-state index in [0.29, 0.717) is 12.5 Å². The third-order valence-electron chi connectivity index (χ3n) is 1.61. The highest BCUT2D eigenvalue weighted by Gasteiger charge is 2.01. The average molecular weight is 153 g/mol. The first-order chi connectivity index (χ1) is 5.24. The van der Waals surface area contributed by atoms with Crippen LogP contribution in [-0.4, -0.2) is 16.3 Å². The molecule has 0 unspecified atom stereocenters. The van der Waals surface area contributed by atoms with Gasteiger partial charge in [-0.1, -0.05) is 13.8 Å². The fraction of sp³-hybridized carbons (Fsp3) is 0.625. The molecule has 0 amide bonds. The lowest BCUT2D eigenvalue weighted by Crippen LogP contribution is -2.10. The Kier molecular flexibility index (Phi) is 2.65. The second kappa shape index (κ2) is 3.53. The van der Waals surface area contributed by atoms with E-state index in [0.717, 1.165) is 12.2 Å². The largest absolute Gasteiger partial charge is 0.329 e.